The molecule has 106 valence electrons. The van der Waals surface area contributed by atoms with Gasteiger partial charge in [0, 0.05) is 11.4 Å². The number of fused-ring (bicyclic) bond motifs is 1. The zero-order valence-corrected chi connectivity index (χ0v) is 12.3. The topological polar surface area (TPSA) is 78.9 Å². The molecule has 1 aromatic heterocycles. The second-order valence-corrected chi connectivity index (χ2v) is 6.92. The van der Waals surface area contributed by atoms with E-state index in [0.717, 1.165) is 55.5 Å². The molecule has 0 atom stereocenters. The van der Waals surface area contributed by atoms with Crippen molar-refractivity contribution in [2.45, 2.75) is 44.9 Å². The van der Waals surface area contributed by atoms with E-state index in [0.29, 0.717) is 12.1 Å². The van der Waals surface area contributed by atoms with Crippen molar-refractivity contribution in [3.05, 3.63) is 16.0 Å². The number of anilines is 1. The Bertz CT molecular complexity index is 579. The van der Waals surface area contributed by atoms with Crippen molar-refractivity contribution in [2.75, 3.05) is 11.9 Å². The second kappa shape index (κ2) is 5.19. The van der Waals surface area contributed by atoms with E-state index >= 15 is 0 Å². The van der Waals surface area contributed by atoms with Gasteiger partial charge in [0.05, 0.1) is 11.0 Å². The van der Waals surface area contributed by atoms with E-state index in [1.807, 2.05) is 0 Å². The van der Waals surface area contributed by atoms with Gasteiger partial charge in [-0.2, -0.15) is 5.26 Å². The third-order valence-corrected chi connectivity index (χ3v) is 5.90. The average molecular weight is 289 g/mol. The fraction of sp³-hybridized carbons (Fsp3) is 0.600. The first-order chi connectivity index (χ1) is 9.70. The highest BCUT2D eigenvalue weighted by Gasteiger charge is 2.40. The molecule has 3 N–H and O–H groups in total. The van der Waals surface area contributed by atoms with Gasteiger partial charge in [0.2, 0.25) is 5.91 Å². The molecular formula is C15H19N3OS. The summed E-state index contributed by atoms with van der Waals surface area (Å²) in [5.74, 6) is 0.00826. The van der Waals surface area contributed by atoms with Gasteiger partial charge in [-0.1, -0.05) is 12.8 Å². The molecule has 0 unspecified atom stereocenters. The Kier molecular flexibility index (Phi) is 3.53. The molecule has 0 aromatic carbocycles. The number of carbonyl (C=O) groups excluding carboxylic acids is 1. The summed E-state index contributed by atoms with van der Waals surface area (Å²) in [6, 6.07) is 2.27. The number of hydrogen-bond donors (Lipinski definition) is 2. The molecule has 0 spiro atoms. The van der Waals surface area contributed by atoms with Gasteiger partial charge in [-0.3, -0.25) is 4.79 Å². The molecule has 2 aliphatic carbocycles. The number of amides is 1. The molecule has 1 saturated carbocycles. The Morgan fingerprint density at radius 1 is 1.35 bits per heavy atom. The van der Waals surface area contributed by atoms with Crippen molar-refractivity contribution in [2.24, 2.45) is 11.1 Å². The summed E-state index contributed by atoms with van der Waals surface area (Å²) in [7, 11) is 0. The molecule has 0 aliphatic heterocycles. The summed E-state index contributed by atoms with van der Waals surface area (Å²) >= 11 is 1.57. The predicted molar refractivity (Wildman–Crippen MR) is 79.6 cm³/mol. The standard InChI is InChI=1S/C15H19N3OS/c16-8-11-10-4-3-5-12(10)20-13(11)18-14(19)15(9-17)6-1-2-7-15/h1-7,9,17H2,(H,18,19). The van der Waals surface area contributed by atoms with E-state index in [1.54, 1.807) is 11.3 Å². The monoisotopic (exact) mass is 289 g/mol. The third-order valence-electron chi connectivity index (χ3n) is 4.69. The molecular weight excluding hydrogens is 270 g/mol. The highest BCUT2D eigenvalue weighted by molar-refractivity contribution is 7.16. The smallest absolute Gasteiger partial charge is 0.232 e. The fourth-order valence-electron chi connectivity index (χ4n) is 3.42. The Labute approximate surface area is 123 Å². The molecule has 1 fully saturated rings. The third kappa shape index (κ3) is 2.04. The number of nitrogens with zero attached hydrogens (tertiary/aromatic N) is 1. The van der Waals surface area contributed by atoms with Gasteiger partial charge < -0.3 is 11.1 Å². The maximum absolute atomic E-state index is 12.6. The Balaban J connectivity index is 1.85. The van der Waals surface area contributed by atoms with Crippen molar-refractivity contribution >= 4 is 22.2 Å². The van der Waals surface area contributed by atoms with Gasteiger partial charge in [0.25, 0.3) is 0 Å². The van der Waals surface area contributed by atoms with Crippen LogP contribution >= 0.6 is 11.3 Å². The summed E-state index contributed by atoms with van der Waals surface area (Å²) in [5.41, 5.74) is 7.26. The van der Waals surface area contributed by atoms with Crippen LogP contribution in [0.5, 0.6) is 0 Å². The molecule has 1 aromatic rings. The molecule has 1 amide bonds. The molecule has 20 heavy (non-hydrogen) atoms. The molecule has 0 saturated heterocycles. The zero-order chi connectivity index (χ0) is 14.2. The lowest BCUT2D eigenvalue weighted by molar-refractivity contribution is -0.124. The van der Waals surface area contributed by atoms with Gasteiger partial charge in [0.15, 0.2) is 0 Å². The van der Waals surface area contributed by atoms with E-state index in [1.165, 1.54) is 4.88 Å². The van der Waals surface area contributed by atoms with E-state index in [2.05, 4.69) is 11.4 Å². The Morgan fingerprint density at radius 2 is 2.10 bits per heavy atom. The normalized spacial score (nSPS) is 19.6. The second-order valence-electron chi connectivity index (χ2n) is 5.82. The highest BCUT2D eigenvalue weighted by atomic mass is 32.1. The van der Waals surface area contributed by atoms with Gasteiger partial charge >= 0.3 is 0 Å². The van der Waals surface area contributed by atoms with Crippen molar-refractivity contribution in [3.8, 4) is 6.07 Å². The minimum absolute atomic E-state index is 0.00826. The van der Waals surface area contributed by atoms with E-state index in [-0.39, 0.29) is 5.91 Å². The van der Waals surface area contributed by atoms with Gasteiger partial charge in [-0.25, -0.2) is 0 Å². The molecule has 3 rings (SSSR count). The van der Waals surface area contributed by atoms with Crippen molar-refractivity contribution in [1.82, 2.24) is 0 Å². The van der Waals surface area contributed by atoms with Crippen LogP contribution < -0.4 is 11.1 Å². The Morgan fingerprint density at radius 3 is 2.75 bits per heavy atom. The van der Waals surface area contributed by atoms with Crippen LogP contribution in [0, 0.1) is 16.7 Å². The zero-order valence-electron chi connectivity index (χ0n) is 11.5. The van der Waals surface area contributed by atoms with E-state index in [4.69, 9.17) is 5.73 Å². The number of nitrogens with two attached hydrogens (primary N) is 1. The summed E-state index contributed by atoms with van der Waals surface area (Å²) < 4.78 is 0. The number of thiophene rings is 1. The van der Waals surface area contributed by atoms with E-state index < -0.39 is 5.41 Å². The van der Waals surface area contributed by atoms with Crippen LogP contribution in [-0.2, 0) is 17.6 Å². The number of carbonyl (C=O) groups is 1. The van der Waals surface area contributed by atoms with Crippen molar-refractivity contribution in [3.63, 3.8) is 0 Å². The van der Waals surface area contributed by atoms with Gasteiger partial charge in [-0.15, -0.1) is 11.3 Å². The van der Waals surface area contributed by atoms with E-state index in [9.17, 15) is 10.1 Å². The van der Waals surface area contributed by atoms with Crippen LogP contribution in [0.15, 0.2) is 0 Å². The fourth-order valence-corrected chi connectivity index (χ4v) is 4.66. The summed E-state index contributed by atoms with van der Waals surface area (Å²) in [4.78, 5) is 13.8. The predicted octanol–water partition coefficient (Wildman–Crippen LogP) is 2.57. The molecule has 1 heterocycles. The van der Waals surface area contributed by atoms with Crippen molar-refractivity contribution in [1.29, 1.82) is 5.26 Å². The quantitative estimate of drug-likeness (QED) is 0.897. The highest BCUT2D eigenvalue weighted by Crippen LogP contribution is 2.42. The lowest BCUT2D eigenvalue weighted by Crippen LogP contribution is -2.40. The number of nitriles is 1. The van der Waals surface area contributed by atoms with Crippen LogP contribution in [0.4, 0.5) is 5.00 Å². The molecule has 0 radical (unpaired) electrons. The van der Waals surface area contributed by atoms with Crippen LogP contribution in [0.2, 0.25) is 0 Å². The van der Waals surface area contributed by atoms with Crippen LogP contribution in [0.3, 0.4) is 0 Å². The molecule has 0 bridgehead atoms. The first-order valence-electron chi connectivity index (χ1n) is 7.26. The van der Waals surface area contributed by atoms with Crippen LogP contribution in [-0.4, -0.2) is 12.5 Å². The van der Waals surface area contributed by atoms with Gasteiger partial charge in [0.1, 0.15) is 11.1 Å². The lowest BCUT2D eigenvalue weighted by atomic mass is 9.85. The minimum atomic E-state index is -0.416. The maximum atomic E-state index is 12.6. The number of nitrogens with one attached hydrogen (secondary N) is 1. The van der Waals surface area contributed by atoms with Crippen LogP contribution in [0.25, 0.3) is 0 Å². The summed E-state index contributed by atoms with van der Waals surface area (Å²) in [6.45, 7) is 0.395. The number of aryl methyl sites for hydroxylation is 1. The minimum Gasteiger partial charge on any atom is -0.329 e. The lowest BCUT2D eigenvalue weighted by Gasteiger charge is -2.25. The number of hydrogen-bond acceptors (Lipinski definition) is 4. The maximum Gasteiger partial charge on any atom is 0.232 e. The largest absolute Gasteiger partial charge is 0.329 e. The van der Waals surface area contributed by atoms with Gasteiger partial charge in [-0.05, 0) is 37.7 Å². The van der Waals surface area contributed by atoms with Crippen molar-refractivity contribution < 1.29 is 4.79 Å². The number of rotatable bonds is 3. The molecule has 4 nitrogen and oxygen atoms in total. The summed E-state index contributed by atoms with van der Waals surface area (Å²) in [5, 5.41) is 13.1. The first-order valence-corrected chi connectivity index (χ1v) is 8.08. The van der Waals surface area contributed by atoms with Crippen LogP contribution in [0.1, 0.15) is 48.1 Å². The first kappa shape index (κ1) is 13.6. The average Bonchev–Trinajstić information content (AvgIpc) is 3.13. The molecule has 5 heteroatoms. The SMILES string of the molecule is N#Cc1c(NC(=O)C2(CN)CCCC2)sc2c1CCC2. The molecule has 2 aliphatic rings. The Hall–Kier alpha value is -1.38. The summed E-state index contributed by atoms with van der Waals surface area (Å²) in [6.07, 6.45) is 6.98.